The molecular formula is C30H26ClN3O5S2. The molecule has 11 heteroatoms. The minimum absolute atomic E-state index is 0.116. The van der Waals surface area contributed by atoms with Gasteiger partial charge >= 0.3 is 0 Å². The number of rotatable bonds is 11. The minimum atomic E-state index is -0.463. The highest BCUT2D eigenvalue weighted by molar-refractivity contribution is 8.00. The number of anilines is 2. The molecule has 0 saturated carbocycles. The summed E-state index contributed by atoms with van der Waals surface area (Å²) in [6, 6.07) is 22.6. The SMILES string of the molecule is COc1cc(OC)c(NC(=O)CSc2ccc(NC(=O)/C(=C/c3cccs3)NC(=O)c3ccccc3)cc2)cc1Cl. The van der Waals surface area contributed by atoms with E-state index in [4.69, 9.17) is 21.1 Å². The van der Waals surface area contributed by atoms with Gasteiger partial charge < -0.3 is 25.4 Å². The molecule has 210 valence electrons. The first kappa shape index (κ1) is 29.7. The number of hydrogen-bond acceptors (Lipinski definition) is 7. The third kappa shape index (κ3) is 8.37. The van der Waals surface area contributed by atoms with Crippen molar-refractivity contribution in [2.75, 3.05) is 30.6 Å². The predicted octanol–water partition coefficient (Wildman–Crippen LogP) is 6.56. The maximum Gasteiger partial charge on any atom is 0.272 e. The molecule has 3 amide bonds. The summed E-state index contributed by atoms with van der Waals surface area (Å²) in [5, 5.41) is 10.6. The van der Waals surface area contributed by atoms with Gasteiger partial charge in [-0.25, -0.2) is 0 Å². The van der Waals surface area contributed by atoms with Crippen LogP contribution in [0.5, 0.6) is 11.5 Å². The van der Waals surface area contributed by atoms with Crippen LogP contribution in [0.3, 0.4) is 0 Å². The molecule has 0 radical (unpaired) electrons. The Hall–Kier alpha value is -4.25. The molecule has 1 aromatic heterocycles. The van der Waals surface area contributed by atoms with E-state index in [0.717, 1.165) is 9.77 Å². The topological polar surface area (TPSA) is 106 Å². The molecule has 3 N–H and O–H groups in total. The van der Waals surface area contributed by atoms with Crippen LogP contribution in [0.15, 0.2) is 94.8 Å². The highest BCUT2D eigenvalue weighted by Crippen LogP contribution is 2.36. The van der Waals surface area contributed by atoms with Crippen LogP contribution < -0.4 is 25.4 Å². The Morgan fingerprint density at radius 1 is 0.902 bits per heavy atom. The zero-order chi connectivity index (χ0) is 29.2. The third-order valence-corrected chi connectivity index (χ3v) is 7.72. The Morgan fingerprint density at radius 2 is 1.63 bits per heavy atom. The van der Waals surface area contributed by atoms with Crippen LogP contribution in [0.1, 0.15) is 15.2 Å². The summed E-state index contributed by atoms with van der Waals surface area (Å²) in [6.45, 7) is 0. The first-order valence-corrected chi connectivity index (χ1v) is 14.5. The summed E-state index contributed by atoms with van der Waals surface area (Å²) in [6.07, 6.45) is 1.63. The number of thiophene rings is 1. The molecule has 0 atom stereocenters. The van der Waals surface area contributed by atoms with Crippen molar-refractivity contribution >= 4 is 69.9 Å². The maximum absolute atomic E-state index is 13.1. The van der Waals surface area contributed by atoms with E-state index in [1.807, 2.05) is 23.6 Å². The Kier molecular flexibility index (Phi) is 10.4. The number of carbonyl (C=O) groups is 3. The van der Waals surface area contributed by atoms with E-state index >= 15 is 0 Å². The number of ether oxygens (including phenoxy) is 2. The molecule has 41 heavy (non-hydrogen) atoms. The average Bonchev–Trinajstić information content (AvgIpc) is 3.50. The highest BCUT2D eigenvalue weighted by atomic mass is 35.5. The average molecular weight is 608 g/mol. The first-order valence-electron chi connectivity index (χ1n) is 12.2. The van der Waals surface area contributed by atoms with Gasteiger partial charge in [-0.1, -0.05) is 35.9 Å². The summed E-state index contributed by atoms with van der Waals surface area (Å²) in [7, 11) is 2.99. The fourth-order valence-electron chi connectivity index (χ4n) is 3.58. The van der Waals surface area contributed by atoms with Gasteiger partial charge in [0, 0.05) is 27.1 Å². The van der Waals surface area contributed by atoms with Gasteiger partial charge in [0.1, 0.15) is 17.2 Å². The predicted molar refractivity (Wildman–Crippen MR) is 165 cm³/mol. The van der Waals surface area contributed by atoms with Crippen LogP contribution in [-0.2, 0) is 9.59 Å². The van der Waals surface area contributed by atoms with Crippen LogP contribution >= 0.6 is 34.7 Å². The van der Waals surface area contributed by atoms with Crippen molar-refractivity contribution in [3.63, 3.8) is 0 Å². The van der Waals surface area contributed by atoms with Crippen molar-refractivity contribution in [3.8, 4) is 11.5 Å². The number of thioether (sulfide) groups is 1. The van der Waals surface area contributed by atoms with Crippen molar-refractivity contribution in [3.05, 3.63) is 105 Å². The number of halogens is 1. The van der Waals surface area contributed by atoms with Gasteiger partial charge in [0.15, 0.2) is 0 Å². The highest BCUT2D eigenvalue weighted by Gasteiger charge is 2.16. The van der Waals surface area contributed by atoms with Crippen LogP contribution in [0.2, 0.25) is 5.02 Å². The molecule has 8 nitrogen and oxygen atoms in total. The Bertz CT molecular complexity index is 1540. The second-order valence-corrected chi connectivity index (χ2v) is 10.8. The van der Waals surface area contributed by atoms with Crippen LogP contribution in [0, 0.1) is 0 Å². The normalized spacial score (nSPS) is 11.0. The van der Waals surface area contributed by atoms with Gasteiger partial charge in [0.25, 0.3) is 11.8 Å². The van der Waals surface area contributed by atoms with E-state index in [9.17, 15) is 14.4 Å². The van der Waals surface area contributed by atoms with Gasteiger partial charge in [-0.05, 0) is 60.0 Å². The second kappa shape index (κ2) is 14.4. The summed E-state index contributed by atoms with van der Waals surface area (Å²) < 4.78 is 10.5. The van der Waals surface area contributed by atoms with Gasteiger partial charge in [-0.2, -0.15) is 0 Å². The summed E-state index contributed by atoms with van der Waals surface area (Å²) >= 11 is 8.96. The molecule has 0 aliphatic carbocycles. The lowest BCUT2D eigenvalue weighted by Crippen LogP contribution is -2.30. The molecule has 0 spiro atoms. The zero-order valence-corrected chi connectivity index (χ0v) is 24.5. The van der Waals surface area contributed by atoms with Gasteiger partial charge in [0.05, 0.1) is 30.7 Å². The lowest BCUT2D eigenvalue weighted by Gasteiger charge is -2.13. The maximum atomic E-state index is 13.1. The van der Waals surface area contributed by atoms with Crippen molar-refractivity contribution in [1.82, 2.24) is 5.32 Å². The quantitative estimate of drug-likeness (QED) is 0.132. The number of methoxy groups -OCH3 is 2. The molecule has 1 heterocycles. The molecule has 0 bridgehead atoms. The zero-order valence-electron chi connectivity index (χ0n) is 22.1. The molecule has 0 aliphatic rings. The Morgan fingerprint density at radius 3 is 2.29 bits per heavy atom. The van der Waals surface area contributed by atoms with Gasteiger partial charge in [-0.3, -0.25) is 14.4 Å². The van der Waals surface area contributed by atoms with E-state index < -0.39 is 5.91 Å². The van der Waals surface area contributed by atoms with E-state index in [1.165, 1.54) is 37.3 Å². The number of benzene rings is 3. The molecular weight excluding hydrogens is 582 g/mol. The van der Waals surface area contributed by atoms with Gasteiger partial charge in [-0.15, -0.1) is 23.1 Å². The van der Waals surface area contributed by atoms with Crippen LogP contribution in [-0.4, -0.2) is 37.7 Å². The van der Waals surface area contributed by atoms with Crippen LogP contribution in [0.4, 0.5) is 11.4 Å². The smallest absolute Gasteiger partial charge is 0.272 e. The van der Waals surface area contributed by atoms with Crippen molar-refractivity contribution in [2.45, 2.75) is 4.90 Å². The van der Waals surface area contributed by atoms with E-state index in [1.54, 1.807) is 66.7 Å². The molecule has 0 fully saturated rings. The van der Waals surface area contributed by atoms with E-state index in [0.29, 0.717) is 33.5 Å². The number of nitrogens with one attached hydrogen (secondary N) is 3. The number of amides is 3. The second-order valence-electron chi connectivity index (χ2n) is 8.40. The minimum Gasteiger partial charge on any atom is -0.495 e. The first-order chi connectivity index (χ1) is 19.9. The summed E-state index contributed by atoms with van der Waals surface area (Å²) in [5.74, 6) is -0.0902. The molecule has 3 aromatic carbocycles. The lowest BCUT2D eigenvalue weighted by molar-refractivity contribution is -0.114. The van der Waals surface area contributed by atoms with Crippen molar-refractivity contribution < 1.29 is 23.9 Å². The Labute approximate surface area is 250 Å². The third-order valence-electron chi connectivity index (χ3n) is 5.59. The standard InChI is InChI=1S/C30H26ClN3O5S2/c1-38-26-17-27(39-2)24(16-23(26)31)33-28(35)18-41-21-12-10-20(11-13-21)32-30(37)25(15-22-9-6-14-40-22)34-29(36)19-7-4-3-5-8-19/h3-17H,18H2,1-2H3,(H,32,37)(H,33,35)(H,34,36)/b25-15-. The number of hydrogen-bond donors (Lipinski definition) is 3. The monoisotopic (exact) mass is 607 g/mol. The van der Waals surface area contributed by atoms with Crippen LogP contribution in [0.25, 0.3) is 6.08 Å². The molecule has 0 saturated heterocycles. The van der Waals surface area contributed by atoms with Gasteiger partial charge in [0.2, 0.25) is 5.91 Å². The van der Waals surface area contributed by atoms with E-state index in [-0.39, 0.29) is 23.3 Å². The molecule has 4 rings (SSSR count). The fourth-order valence-corrected chi connectivity index (χ4v) is 5.18. The lowest BCUT2D eigenvalue weighted by atomic mass is 10.2. The summed E-state index contributed by atoms with van der Waals surface area (Å²) in [5.41, 5.74) is 1.53. The fraction of sp³-hybridized carbons (Fsp3) is 0.100. The van der Waals surface area contributed by atoms with E-state index in [2.05, 4.69) is 16.0 Å². The largest absolute Gasteiger partial charge is 0.495 e. The molecule has 4 aromatic rings. The van der Waals surface area contributed by atoms with Crippen molar-refractivity contribution in [1.29, 1.82) is 0 Å². The molecule has 0 unspecified atom stereocenters. The molecule has 0 aliphatic heterocycles. The van der Waals surface area contributed by atoms with Crippen molar-refractivity contribution in [2.24, 2.45) is 0 Å². The summed E-state index contributed by atoms with van der Waals surface area (Å²) in [4.78, 5) is 40.1. The number of carbonyl (C=O) groups excluding carboxylic acids is 3. The Balaban J connectivity index is 1.37.